The summed E-state index contributed by atoms with van der Waals surface area (Å²) in [7, 11) is 0. The molecule has 0 aliphatic rings. The van der Waals surface area contributed by atoms with Crippen molar-refractivity contribution in [3.8, 4) is 24.2 Å². The van der Waals surface area contributed by atoms with E-state index < -0.39 is 5.54 Å². The summed E-state index contributed by atoms with van der Waals surface area (Å²) in [5, 5.41) is 12.8. The Kier molecular flexibility index (Phi) is 4.14. The Morgan fingerprint density at radius 2 is 2.41 bits per heavy atom. The largest absolute Gasteiger partial charge is 0.477 e. The van der Waals surface area contributed by atoms with Crippen LogP contribution in [0.5, 0.6) is 5.75 Å². The van der Waals surface area contributed by atoms with E-state index in [2.05, 4.69) is 11.2 Å². The standard InChI is InChI=1S/C12H12N2O2S/c1-4-12(2,3)14-11(15)10-9(5-8-17-10)16-7-6-13/h1,5,8H,7H2,2-3H3,(H,14,15). The van der Waals surface area contributed by atoms with Crippen LogP contribution in [0.25, 0.3) is 0 Å². The molecule has 0 aliphatic heterocycles. The molecule has 1 rings (SSSR count). The Hall–Kier alpha value is -1.98. The number of nitrogens with one attached hydrogen (secondary N) is 1. The highest BCUT2D eigenvalue weighted by Gasteiger charge is 2.21. The van der Waals surface area contributed by atoms with Gasteiger partial charge in [-0.2, -0.15) is 5.26 Å². The number of terminal acetylenes is 1. The molecule has 1 heterocycles. The second kappa shape index (κ2) is 5.38. The highest BCUT2D eigenvalue weighted by Crippen LogP contribution is 2.25. The minimum absolute atomic E-state index is 0.0878. The van der Waals surface area contributed by atoms with Gasteiger partial charge in [-0.25, -0.2) is 0 Å². The molecule has 0 saturated heterocycles. The normalized spacial score (nSPS) is 10.1. The monoisotopic (exact) mass is 248 g/mol. The molecule has 1 aromatic rings. The van der Waals surface area contributed by atoms with E-state index >= 15 is 0 Å². The quantitative estimate of drug-likeness (QED) is 0.826. The third-order valence-corrected chi connectivity index (χ3v) is 2.81. The van der Waals surface area contributed by atoms with E-state index in [4.69, 9.17) is 16.4 Å². The molecule has 0 unspecified atom stereocenters. The zero-order valence-corrected chi connectivity index (χ0v) is 10.4. The zero-order valence-electron chi connectivity index (χ0n) is 9.61. The first-order valence-electron chi connectivity index (χ1n) is 4.87. The Labute approximate surface area is 104 Å². The smallest absolute Gasteiger partial charge is 0.266 e. The first-order valence-corrected chi connectivity index (χ1v) is 5.75. The van der Waals surface area contributed by atoms with E-state index in [1.807, 2.05) is 6.07 Å². The van der Waals surface area contributed by atoms with E-state index in [-0.39, 0.29) is 12.5 Å². The van der Waals surface area contributed by atoms with Gasteiger partial charge in [0.15, 0.2) is 6.61 Å². The fourth-order valence-corrected chi connectivity index (χ4v) is 1.79. The number of hydrogen-bond donors (Lipinski definition) is 1. The van der Waals surface area contributed by atoms with Crippen molar-refractivity contribution >= 4 is 17.2 Å². The van der Waals surface area contributed by atoms with Gasteiger partial charge in [-0.3, -0.25) is 4.79 Å². The summed E-state index contributed by atoms with van der Waals surface area (Å²) in [6.07, 6.45) is 5.29. The van der Waals surface area contributed by atoms with Crippen molar-refractivity contribution in [1.82, 2.24) is 5.32 Å². The first-order chi connectivity index (χ1) is 8.00. The predicted octanol–water partition coefficient (Wildman–Crippen LogP) is 1.79. The van der Waals surface area contributed by atoms with Crippen molar-refractivity contribution in [3.63, 3.8) is 0 Å². The van der Waals surface area contributed by atoms with Crippen molar-refractivity contribution in [2.75, 3.05) is 6.61 Å². The minimum atomic E-state index is -0.715. The van der Waals surface area contributed by atoms with Gasteiger partial charge in [0.1, 0.15) is 16.7 Å². The predicted molar refractivity (Wildman–Crippen MR) is 65.8 cm³/mol. The van der Waals surface area contributed by atoms with E-state index in [1.54, 1.807) is 25.3 Å². The average Bonchev–Trinajstić information content (AvgIpc) is 2.74. The second-order valence-corrected chi connectivity index (χ2v) is 4.70. The zero-order chi connectivity index (χ0) is 12.9. The molecule has 17 heavy (non-hydrogen) atoms. The number of hydrogen-bond acceptors (Lipinski definition) is 4. The third-order valence-electron chi connectivity index (χ3n) is 1.91. The second-order valence-electron chi connectivity index (χ2n) is 3.78. The molecule has 5 heteroatoms. The van der Waals surface area contributed by atoms with Gasteiger partial charge in [0.25, 0.3) is 5.91 Å². The SMILES string of the molecule is C#CC(C)(C)NC(=O)c1sccc1OCC#N. The number of carbonyl (C=O) groups is 1. The molecule has 0 aromatic carbocycles. The molecule has 1 aromatic heterocycles. The van der Waals surface area contributed by atoms with Crippen LogP contribution >= 0.6 is 11.3 Å². The maximum atomic E-state index is 11.9. The molecule has 0 bridgehead atoms. The lowest BCUT2D eigenvalue weighted by atomic mass is 10.1. The van der Waals surface area contributed by atoms with Crippen molar-refractivity contribution < 1.29 is 9.53 Å². The van der Waals surface area contributed by atoms with Gasteiger partial charge < -0.3 is 10.1 Å². The topological polar surface area (TPSA) is 62.1 Å². The van der Waals surface area contributed by atoms with Gasteiger partial charge in [0, 0.05) is 0 Å². The van der Waals surface area contributed by atoms with E-state index in [9.17, 15) is 4.79 Å². The molecule has 0 aliphatic carbocycles. The fraction of sp³-hybridized carbons (Fsp3) is 0.333. The number of nitrogens with zero attached hydrogens (tertiary/aromatic N) is 1. The van der Waals surface area contributed by atoms with Crippen molar-refractivity contribution in [2.45, 2.75) is 19.4 Å². The fourth-order valence-electron chi connectivity index (χ4n) is 1.06. The van der Waals surface area contributed by atoms with Crippen LogP contribution in [0, 0.1) is 23.7 Å². The molecule has 0 radical (unpaired) electrons. The first kappa shape index (κ1) is 13.1. The maximum Gasteiger partial charge on any atom is 0.266 e. The summed E-state index contributed by atoms with van der Waals surface area (Å²) < 4.78 is 5.13. The molecule has 88 valence electrons. The van der Waals surface area contributed by atoms with Crippen molar-refractivity contribution in [1.29, 1.82) is 5.26 Å². The van der Waals surface area contributed by atoms with Crippen molar-refractivity contribution in [2.24, 2.45) is 0 Å². The number of carbonyl (C=O) groups excluding carboxylic acids is 1. The maximum absolute atomic E-state index is 11.9. The van der Waals surface area contributed by atoms with Crippen LogP contribution in [0.3, 0.4) is 0 Å². The van der Waals surface area contributed by atoms with Crippen LogP contribution in [-0.4, -0.2) is 18.1 Å². The summed E-state index contributed by atoms with van der Waals surface area (Å²) in [5.41, 5.74) is -0.715. The molecular weight excluding hydrogens is 236 g/mol. The number of ether oxygens (including phenoxy) is 1. The molecule has 4 nitrogen and oxygen atoms in total. The van der Waals surface area contributed by atoms with Gasteiger partial charge in [-0.15, -0.1) is 17.8 Å². The van der Waals surface area contributed by atoms with Gasteiger partial charge in [-0.05, 0) is 25.3 Å². The van der Waals surface area contributed by atoms with Gasteiger partial charge in [0.05, 0.1) is 5.54 Å². The third kappa shape index (κ3) is 3.51. The van der Waals surface area contributed by atoms with Gasteiger partial charge in [-0.1, -0.05) is 5.92 Å². The number of thiophene rings is 1. The Bertz CT molecular complexity index is 491. The van der Waals surface area contributed by atoms with Gasteiger partial charge >= 0.3 is 0 Å². The Balaban J connectivity index is 2.81. The van der Waals surface area contributed by atoms with Crippen LogP contribution in [-0.2, 0) is 0 Å². The highest BCUT2D eigenvalue weighted by atomic mass is 32.1. The van der Waals surface area contributed by atoms with Crippen LogP contribution in [0.2, 0.25) is 0 Å². The average molecular weight is 248 g/mol. The summed E-state index contributed by atoms with van der Waals surface area (Å²) in [6.45, 7) is 3.37. The molecular formula is C12H12N2O2S. The summed E-state index contributed by atoms with van der Waals surface area (Å²) in [6, 6.07) is 3.50. The van der Waals surface area contributed by atoms with Crippen LogP contribution in [0.15, 0.2) is 11.4 Å². The lowest BCUT2D eigenvalue weighted by Crippen LogP contribution is -2.41. The van der Waals surface area contributed by atoms with Gasteiger partial charge in [0.2, 0.25) is 0 Å². The number of nitriles is 1. The highest BCUT2D eigenvalue weighted by molar-refractivity contribution is 7.12. The molecule has 1 amide bonds. The lowest BCUT2D eigenvalue weighted by Gasteiger charge is -2.19. The molecule has 0 spiro atoms. The van der Waals surface area contributed by atoms with E-state index in [0.29, 0.717) is 10.6 Å². The van der Waals surface area contributed by atoms with Crippen LogP contribution < -0.4 is 10.1 Å². The minimum Gasteiger partial charge on any atom is -0.477 e. The van der Waals surface area contributed by atoms with Crippen molar-refractivity contribution in [3.05, 3.63) is 16.3 Å². The molecule has 0 atom stereocenters. The summed E-state index contributed by atoms with van der Waals surface area (Å²) in [4.78, 5) is 12.3. The Morgan fingerprint density at radius 3 is 3.00 bits per heavy atom. The summed E-state index contributed by atoms with van der Waals surface area (Å²) in [5.74, 6) is 2.59. The van der Waals surface area contributed by atoms with Crippen LogP contribution in [0.4, 0.5) is 0 Å². The Morgan fingerprint density at radius 1 is 1.71 bits per heavy atom. The molecule has 0 fully saturated rings. The molecule has 1 N–H and O–H groups in total. The number of amides is 1. The molecule has 0 saturated carbocycles. The van der Waals surface area contributed by atoms with E-state index in [0.717, 1.165) is 0 Å². The van der Waals surface area contributed by atoms with Crippen LogP contribution in [0.1, 0.15) is 23.5 Å². The number of rotatable bonds is 4. The van der Waals surface area contributed by atoms with E-state index in [1.165, 1.54) is 11.3 Å². The lowest BCUT2D eigenvalue weighted by molar-refractivity contribution is 0.0931. The summed E-state index contributed by atoms with van der Waals surface area (Å²) >= 11 is 1.24.